The third-order valence-electron chi connectivity index (χ3n) is 3.55. The zero-order chi connectivity index (χ0) is 12.2. The summed E-state index contributed by atoms with van der Waals surface area (Å²) in [6, 6.07) is 15.0. The van der Waals surface area contributed by atoms with Crippen LogP contribution >= 0.6 is 0 Å². The fraction of sp³-hybridized carbons (Fsp3) is 0.312. The van der Waals surface area contributed by atoms with E-state index in [-0.39, 0.29) is 0 Å². The van der Waals surface area contributed by atoms with Gasteiger partial charge >= 0.3 is 0 Å². The Morgan fingerprint density at radius 3 is 2.22 bits per heavy atom. The fourth-order valence-corrected chi connectivity index (χ4v) is 2.54. The summed E-state index contributed by atoms with van der Waals surface area (Å²) in [6.45, 7) is 3.37. The molecule has 2 nitrogen and oxygen atoms in total. The van der Waals surface area contributed by atoms with E-state index in [1.807, 2.05) is 0 Å². The number of rotatable bonds is 3. The number of hydrogen-bond donors (Lipinski definition) is 0. The predicted octanol–water partition coefficient (Wildman–Crippen LogP) is 2.62. The maximum atomic E-state index is 2.47. The van der Waals surface area contributed by atoms with Gasteiger partial charge < -0.3 is 4.90 Å². The zero-order valence-electron chi connectivity index (χ0n) is 10.6. The van der Waals surface area contributed by atoms with Gasteiger partial charge in [-0.2, -0.15) is 0 Å². The van der Waals surface area contributed by atoms with Crippen LogP contribution in [0, 0.1) is 0 Å². The van der Waals surface area contributed by atoms with Gasteiger partial charge in [-0.15, -0.1) is 0 Å². The van der Waals surface area contributed by atoms with E-state index in [1.54, 1.807) is 0 Å². The molecule has 18 heavy (non-hydrogen) atoms. The average Bonchev–Trinajstić information content (AvgIpc) is 2.95. The van der Waals surface area contributed by atoms with Crippen LogP contribution in [0.15, 0.2) is 54.9 Å². The van der Waals surface area contributed by atoms with E-state index in [4.69, 9.17) is 0 Å². The van der Waals surface area contributed by atoms with Crippen molar-refractivity contribution in [2.24, 2.45) is 0 Å². The van der Waals surface area contributed by atoms with Gasteiger partial charge in [0.25, 0.3) is 0 Å². The Morgan fingerprint density at radius 2 is 1.56 bits per heavy atom. The topological polar surface area (TPSA) is 7.12 Å². The largest absolute Gasteiger partial charge is 0.371 e. The van der Waals surface area contributed by atoms with Crippen molar-refractivity contribution < 1.29 is 4.57 Å². The van der Waals surface area contributed by atoms with Crippen molar-refractivity contribution in [2.45, 2.75) is 19.4 Å². The molecule has 0 N–H and O–H groups in total. The molecule has 0 saturated carbocycles. The van der Waals surface area contributed by atoms with Crippen LogP contribution in [0.5, 0.6) is 0 Å². The molecule has 92 valence electrons. The molecule has 0 spiro atoms. The first-order valence-corrected chi connectivity index (χ1v) is 6.70. The Bertz CT molecular complexity index is 484. The summed E-state index contributed by atoms with van der Waals surface area (Å²) in [6.07, 6.45) is 7.03. The van der Waals surface area contributed by atoms with Crippen molar-refractivity contribution in [2.75, 3.05) is 18.0 Å². The first kappa shape index (κ1) is 11.3. The minimum Gasteiger partial charge on any atom is -0.371 e. The molecule has 3 rings (SSSR count). The van der Waals surface area contributed by atoms with Gasteiger partial charge in [0.2, 0.25) is 0 Å². The highest BCUT2D eigenvalue weighted by Gasteiger charge is 2.13. The third-order valence-corrected chi connectivity index (χ3v) is 3.55. The van der Waals surface area contributed by atoms with Gasteiger partial charge in [0, 0.05) is 36.5 Å². The van der Waals surface area contributed by atoms with Gasteiger partial charge in [-0.25, -0.2) is 4.57 Å². The molecule has 1 aromatic heterocycles. The van der Waals surface area contributed by atoms with Crippen molar-refractivity contribution in [1.29, 1.82) is 0 Å². The summed E-state index contributed by atoms with van der Waals surface area (Å²) in [5.74, 6) is 0. The summed E-state index contributed by atoms with van der Waals surface area (Å²) in [5.41, 5.74) is 2.70. The summed E-state index contributed by atoms with van der Waals surface area (Å²) in [4.78, 5) is 2.47. The summed E-state index contributed by atoms with van der Waals surface area (Å²) < 4.78 is 2.23. The summed E-state index contributed by atoms with van der Waals surface area (Å²) in [7, 11) is 0. The lowest BCUT2D eigenvalue weighted by Gasteiger charge is -2.16. The van der Waals surface area contributed by atoms with E-state index < -0.39 is 0 Å². The molecular formula is C16H19N2+. The van der Waals surface area contributed by atoms with E-state index in [0.29, 0.717) is 0 Å². The molecule has 1 aliphatic rings. The lowest BCUT2D eigenvalue weighted by molar-refractivity contribution is -0.688. The molecule has 0 atom stereocenters. The Kier molecular flexibility index (Phi) is 3.26. The second-order valence-corrected chi connectivity index (χ2v) is 4.91. The van der Waals surface area contributed by atoms with Gasteiger partial charge in [-0.3, -0.25) is 0 Å². The lowest BCUT2D eigenvalue weighted by Crippen LogP contribution is -2.33. The van der Waals surface area contributed by atoms with Crippen LogP contribution in [0.4, 0.5) is 5.69 Å². The van der Waals surface area contributed by atoms with Crippen LogP contribution in [0.1, 0.15) is 18.4 Å². The minimum absolute atomic E-state index is 0.946. The molecule has 0 unspecified atom stereocenters. The number of nitrogens with zero attached hydrogens (tertiary/aromatic N) is 2. The maximum absolute atomic E-state index is 2.47. The first-order valence-electron chi connectivity index (χ1n) is 6.70. The second-order valence-electron chi connectivity index (χ2n) is 4.91. The van der Waals surface area contributed by atoms with Crippen LogP contribution in [0.2, 0.25) is 0 Å². The number of hydrogen-bond acceptors (Lipinski definition) is 1. The Balaban J connectivity index is 1.71. The lowest BCUT2D eigenvalue weighted by atomic mass is 10.2. The summed E-state index contributed by atoms with van der Waals surface area (Å²) in [5, 5.41) is 0. The molecule has 0 aliphatic carbocycles. The molecule has 2 aromatic rings. The van der Waals surface area contributed by atoms with Crippen molar-refractivity contribution in [3.8, 4) is 0 Å². The highest BCUT2D eigenvalue weighted by molar-refractivity contribution is 5.44. The first-order chi connectivity index (χ1) is 8.92. The Morgan fingerprint density at radius 1 is 0.889 bits per heavy atom. The SMILES string of the molecule is c1ccc(C[n+]2ccc(N3CCCC3)cc2)cc1. The van der Waals surface area contributed by atoms with Crippen molar-refractivity contribution in [3.05, 3.63) is 60.4 Å². The number of anilines is 1. The summed E-state index contributed by atoms with van der Waals surface area (Å²) >= 11 is 0. The van der Waals surface area contributed by atoms with Crippen LogP contribution in [0.25, 0.3) is 0 Å². The molecular weight excluding hydrogens is 220 g/mol. The van der Waals surface area contributed by atoms with Crippen LogP contribution in [0.3, 0.4) is 0 Å². The molecule has 1 aliphatic heterocycles. The second kappa shape index (κ2) is 5.21. The van der Waals surface area contributed by atoms with Crippen LogP contribution in [-0.4, -0.2) is 13.1 Å². The molecule has 0 bridgehead atoms. The van der Waals surface area contributed by atoms with E-state index in [9.17, 15) is 0 Å². The number of benzene rings is 1. The normalized spacial score (nSPS) is 15.0. The van der Waals surface area contributed by atoms with Crippen molar-refractivity contribution in [3.63, 3.8) is 0 Å². The fourth-order valence-electron chi connectivity index (χ4n) is 2.54. The molecule has 0 amide bonds. The van der Waals surface area contributed by atoms with Gasteiger partial charge in [0.1, 0.15) is 0 Å². The predicted molar refractivity (Wildman–Crippen MR) is 73.6 cm³/mol. The number of pyridine rings is 1. The van der Waals surface area contributed by atoms with Gasteiger partial charge in [0.05, 0.1) is 0 Å². The van der Waals surface area contributed by atoms with E-state index >= 15 is 0 Å². The number of aromatic nitrogens is 1. The standard InChI is InChI=1S/C16H19N2/c1-2-6-15(7-3-1)14-17-12-8-16(9-13-17)18-10-4-5-11-18/h1-3,6-9,12-13H,4-5,10-11,14H2/q+1. The van der Waals surface area contributed by atoms with Gasteiger partial charge in [-0.05, 0) is 12.8 Å². The third kappa shape index (κ3) is 2.53. The van der Waals surface area contributed by atoms with E-state index in [1.165, 1.54) is 37.2 Å². The highest BCUT2D eigenvalue weighted by atomic mass is 15.1. The quantitative estimate of drug-likeness (QED) is 0.747. The van der Waals surface area contributed by atoms with Crippen LogP contribution < -0.4 is 9.47 Å². The van der Waals surface area contributed by atoms with E-state index in [2.05, 4.69) is 64.3 Å². The molecule has 1 saturated heterocycles. The highest BCUT2D eigenvalue weighted by Crippen LogP contribution is 2.17. The molecule has 1 fully saturated rings. The zero-order valence-corrected chi connectivity index (χ0v) is 10.6. The van der Waals surface area contributed by atoms with Crippen LogP contribution in [-0.2, 0) is 6.54 Å². The monoisotopic (exact) mass is 239 g/mol. The van der Waals surface area contributed by atoms with E-state index in [0.717, 1.165) is 6.54 Å². The molecule has 1 aromatic carbocycles. The Labute approximate surface area is 108 Å². The Hall–Kier alpha value is -1.83. The van der Waals surface area contributed by atoms with Gasteiger partial charge in [0.15, 0.2) is 18.9 Å². The maximum Gasteiger partial charge on any atom is 0.173 e. The smallest absolute Gasteiger partial charge is 0.173 e. The van der Waals surface area contributed by atoms with Gasteiger partial charge in [-0.1, -0.05) is 30.3 Å². The average molecular weight is 239 g/mol. The molecule has 2 heterocycles. The van der Waals surface area contributed by atoms with Crippen molar-refractivity contribution >= 4 is 5.69 Å². The molecule has 2 heteroatoms. The van der Waals surface area contributed by atoms with Crippen molar-refractivity contribution in [1.82, 2.24) is 0 Å². The molecule has 0 radical (unpaired) electrons. The minimum atomic E-state index is 0.946.